The van der Waals surface area contributed by atoms with E-state index in [1.54, 1.807) is 0 Å². The van der Waals surface area contributed by atoms with Crippen LogP contribution in [-0.4, -0.2) is 22.5 Å². The van der Waals surface area contributed by atoms with Crippen molar-refractivity contribution in [3.63, 3.8) is 0 Å². The van der Waals surface area contributed by atoms with Gasteiger partial charge in [0, 0.05) is 11.3 Å². The summed E-state index contributed by atoms with van der Waals surface area (Å²) in [5.41, 5.74) is 2.57. The van der Waals surface area contributed by atoms with Crippen LogP contribution in [0.25, 0.3) is 0 Å². The molecule has 2 unspecified atom stereocenters. The van der Waals surface area contributed by atoms with Gasteiger partial charge in [0.15, 0.2) is 0 Å². The van der Waals surface area contributed by atoms with Gasteiger partial charge in [0.25, 0.3) is 0 Å². The fourth-order valence-corrected chi connectivity index (χ4v) is 3.12. The third kappa shape index (κ3) is 3.51. The number of hydrogen-bond acceptors (Lipinski definition) is 5. The maximum absolute atomic E-state index is 5.35. The van der Waals surface area contributed by atoms with E-state index in [-0.39, 0.29) is 0 Å². The Morgan fingerprint density at radius 3 is 2.94 bits per heavy atom. The van der Waals surface area contributed by atoms with Crippen molar-refractivity contribution < 1.29 is 0 Å². The second-order valence-electron chi connectivity index (χ2n) is 4.42. The molecule has 17 heavy (non-hydrogen) atoms. The summed E-state index contributed by atoms with van der Waals surface area (Å²) < 4.78 is 0. The molecule has 2 rings (SSSR count). The van der Waals surface area contributed by atoms with Gasteiger partial charge < -0.3 is 10.7 Å². The zero-order valence-corrected chi connectivity index (χ0v) is 11.0. The van der Waals surface area contributed by atoms with Gasteiger partial charge in [0.1, 0.15) is 11.6 Å². The van der Waals surface area contributed by atoms with Crippen LogP contribution in [0.1, 0.15) is 25.7 Å². The van der Waals surface area contributed by atoms with Crippen molar-refractivity contribution in [3.8, 4) is 0 Å². The molecule has 94 valence electrons. The number of aromatic nitrogens is 1. The fraction of sp³-hybridized carbons (Fsp3) is 0.583. The Balaban J connectivity index is 1.95. The molecule has 1 heterocycles. The Morgan fingerprint density at radius 1 is 1.35 bits per heavy atom. The van der Waals surface area contributed by atoms with Crippen LogP contribution < -0.4 is 16.6 Å². The maximum Gasteiger partial charge on any atom is 0.142 e. The van der Waals surface area contributed by atoms with E-state index in [9.17, 15) is 0 Å². The predicted octanol–water partition coefficient (Wildman–Crippen LogP) is 2.45. The van der Waals surface area contributed by atoms with Crippen LogP contribution >= 0.6 is 11.8 Å². The van der Waals surface area contributed by atoms with Gasteiger partial charge in [-0.3, -0.25) is 0 Å². The van der Waals surface area contributed by atoms with Crippen molar-refractivity contribution in [2.75, 3.05) is 17.0 Å². The first-order valence-electron chi connectivity index (χ1n) is 6.05. The summed E-state index contributed by atoms with van der Waals surface area (Å²) in [6.07, 6.45) is 7.31. The maximum atomic E-state index is 5.35. The monoisotopic (exact) mass is 252 g/mol. The molecule has 4 nitrogen and oxygen atoms in total. The number of rotatable bonds is 4. The van der Waals surface area contributed by atoms with Gasteiger partial charge in [0.2, 0.25) is 0 Å². The Hall–Kier alpha value is -0.940. The molecule has 1 saturated carbocycles. The van der Waals surface area contributed by atoms with Crippen molar-refractivity contribution >= 4 is 23.4 Å². The smallest absolute Gasteiger partial charge is 0.142 e. The van der Waals surface area contributed by atoms with Gasteiger partial charge in [-0.25, -0.2) is 10.8 Å². The van der Waals surface area contributed by atoms with E-state index in [0.717, 1.165) is 11.1 Å². The zero-order valence-electron chi connectivity index (χ0n) is 10.1. The van der Waals surface area contributed by atoms with E-state index in [0.29, 0.717) is 11.9 Å². The van der Waals surface area contributed by atoms with Crippen molar-refractivity contribution in [1.82, 2.24) is 4.98 Å². The normalized spacial score (nSPS) is 24.4. The van der Waals surface area contributed by atoms with E-state index in [4.69, 9.17) is 5.84 Å². The third-order valence-electron chi connectivity index (χ3n) is 3.21. The lowest BCUT2D eigenvalue weighted by Gasteiger charge is -2.29. The molecule has 1 aliphatic rings. The summed E-state index contributed by atoms with van der Waals surface area (Å²) in [5, 5.41) is 4.29. The Bertz CT molecular complexity index is 358. The second kappa shape index (κ2) is 6.12. The molecule has 0 amide bonds. The zero-order chi connectivity index (χ0) is 12.1. The quantitative estimate of drug-likeness (QED) is 0.567. The number of nitrogen functional groups attached to an aromatic ring is 1. The minimum atomic E-state index is 0.543. The molecule has 1 aromatic rings. The van der Waals surface area contributed by atoms with Crippen LogP contribution in [0.4, 0.5) is 11.6 Å². The average Bonchev–Trinajstić information content (AvgIpc) is 2.39. The molecule has 0 aromatic carbocycles. The standard InChI is InChI=1S/C12H20N4S/c1-17-10-5-2-4-9(8-10)14-11-6-3-7-12(15-11)16-13/h3,6-7,9-10H,2,4-5,8,13H2,1H3,(H2,14,15,16). The summed E-state index contributed by atoms with van der Waals surface area (Å²) in [7, 11) is 0. The number of nitrogens with one attached hydrogen (secondary N) is 2. The first-order valence-corrected chi connectivity index (χ1v) is 7.33. The van der Waals surface area contributed by atoms with E-state index in [1.807, 2.05) is 30.0 Å². The summed E-state index contributed by atoms with van der Waals surface area (Å²) >= 11 is 1.97. The fourth-order valence-electron chi connectivity index (χ4n) is 2.29. The number of hydrogen-bond donors (Lipinski definition) is 3. The Morgan fingerprint density at radius 2 is 2.18 bits per heavy atom. The Kier molecular flexibility index (Phi) is 4.50. The van der Waals surface area contributed by atoms with Crippen LogP contribution in [0.3, 0.4) is 0 Å². The molecule has 0 aliphatic heterocycles. The van der Waals surface area contributed by atoms with Crippen molar-refractivity contribution in [2.24, 2.45) is 5.84 Å². The lowest BCUT2D eigenvalue weighted by molar-refractivity contribution is 0.473. The molecular formula is C12H20N4S. The Labute approximate surface area is 107 Å². The highest BCUT2D eigenvalue weighted by Gasteiger charge is 2.21. The number of thioether (sulfide) groups is 1. The summed E-state index contributed by atoms with van der Waals surface area (Å²) in [5.74, 6) is 6.96. The van der Waals surface area contributed by atoms with Crippen molar-refractivity contribution in [1.29, 1.82) is 0 Å². The van der Waals surface area contributed by atoms with Crippen molar-refractivity contribution in [2.45, 2.75) is 37.0 Å². The van der Waals surface area contributed by atoms with Crippen LogP contribution in [0.15, 0.2) is 18.2 Å². The number of nitrogens with zero attached hydrogens (tertiary/aromatic N) is 1. The number of nitrogens with two attached hydrogens (primary N) is 1. The largest absolute Gasteiger partial charge is 0.367 e. The second-order valence-corrected chi connectivity index (χ2v) is 5.56. The predicted molar refractivity (Wildman–Crippen MR) is 75.2 cm³/mol. The summed E-state index contributed by atoms with van der Waals surface area (Å²) in [6, 6.07) is 6.35. The van der Waals surface area contributed by atoms with Crippen LogP contribution in [0, 0.1) is 0 Å². The third-order valence-corrected chi connectivity index (χ3v) is 4.30. The highest BCUT2D eigenvalue weighted by atomic mass is 32.2. The molecular weight excluding hydrogens is 232 g/mol. The molecule has 0 radical (unpaired) electrons. The van der Waals surface area contributed by atoms with E-state index >= 15 is 0 Å². The van der Waals surface area contributed by atoms with Gasteiger partial charge in [-0.05, 0) is 37.7 Å². The number of anilines is 2. The van der Waals surface area contributed by atoms with Crippen molar-refractivity contribution in [3.05, 3.63) is 18.2 Å². The van der Waals surface area contributed by atoms with Gasteiger partial charge in [-0.2, -0.15) is 11.8 Å². The topological polar surface area (TPSA) is 63.0 Å². The highest BCUT2D eigenvalue weighted by molar-refractivity contribution is 7.99. The van der Waals surface area contributed by atoms with Gasteiger partial charge in [-0.15, -0.1) is 0 Å². The molecule has 5 heteroatoms. The molecule has 1 aliphatic carbocycles. The average molecular weight is 252 g/mol. The molecule has 0 bridgehead atoms. The highest BCUT2D eigenvalue weighted by Crippen LogP contribution is 2.28. The molecule has 0 spiro atoms. The van der Waals surface area contributed by atoms with Crippen LogP contribution in [-0.2, 0) is 0 Å². The first kappa shape index (κ1) is 12.5. The van der Waals surface area contributed by atoms with E-state index < -0.39 is 0 Å². The lowest BCUT2D eigenvalue weighted by atomic mass is 9.95. The van der Waals surface area contributed by atoms with E-state index in [1.165, 1.54) is 25.7 Å². The van der Waals surface area contributed by atoms with E-state index in [2.05, 4.69) is 22.0 Å². The molecule has 1 aromatic heterocycles. The first-order chi connectivity index (χ1) is 8.31. The van der Waals surface area contributed by atoms with Crippen LogP contribution in [0.2, 0.25) is 0 Å². The lowest BCUT2D eigenvalue weighted by Crippen LogP contribution is -2.29. The SMILES string of the molecule is CSC1CCCC(Nc2cccc(NN)n2)C1. The molecule has 2 atom stereocenters. The minimum absolute atomic E-state index is 0.543. The van der Waals surface area contributed by atoms with Gasteiger partial charge in [-0.1, -0.05) is 12.5 Å². The molecule has 0 saturated heterocycles. The number of pyridine rings is 1. The molecule has 1 fully saturated rings. The minimum Gasteiger partial charge on any atom is -0.367 e. The van der Waals surface area contributed by atoms with Crippen LogP contribution in [0.5, 0.6) is 0 Å². The number of hydrazine groups is 1. The summed E-state index contributed by atoms with van der Waals surface area (Å²) in [4.78, 5) is 4.38. The van der Waals surface area contributed by atoms with Gasteiger partial charge >= 0.3 is 0 Å². The summed E-state index contributed by atoms with van der Waals surface area (Å²) in [6.45, 7) is 0. The molecule has 4 N–H and O–H groups in total. The van der Waals surface area contributed by atoms with Gasteiger partial charge in [0.05, 0.1) is 0 Å².